The minimum atomic E-state index is -0.456. The van der Waals surface area contributed by atoms with Gasteiger partial charge in [-0.1, -0.05) is 0 Å². The Morgan fingerprint density at radius 2 is 2.11 bits per heavy atom. The SMILES string of the molecule is Cn1c(=O)n(CC2CNC2)c(=O)c2ccc(F)cc21. The zero-order valence-electron chi connectivity index (χ0n) is 10.5. The molecular formula is C13H14FN3O2. The summed E-state index contributed by atoms with van der Waals surface area (Å²) >= 11 is 0. The number of aryl methyl sites for hydroxylation is 1. The van der Waals surface area contributed by atoms with Crippen molar-refractivity contribution >= 4 is 10.9 Å². The van der Waals surface area contributed by atoms with Crippen LogP contribution in [0.25, 0.3) is 10.9 Å². The van der Waals surface area contributed by atoms with E-state index in [-0.39, 0.29) is 5.56 Å². The summed E-state index contributed by atoms with van der Waals surface area (Å²) in [5.41, 5.74) is -0.405. The largest absolute Gasteiger partial charge is 0.331 e. The quantitative estimate of drug-likeness (QED) is 0.833. The lowest BCUT2D eigenvalue weighted by molar-refractivity contribution is 0.298. The van der Waals surface area contributed by atoms with Gasteiger partial charge in [-0.25, -0.2) is 9.18 Å². The van der Waals surface area contributed by atoms with E-state index >= 15 is 0 Å². The maximum Gasteiger partial charge on any atom is 0.331 e. The van der Waals surface area contributed by atoms with Crippen molar-refractivity contribution in [3.05, 3.63) is 44.9 Å². The standard InChI is InChI=1S/C13H14FN3O2/c1-16-11-4-9(14)2-3-10(11)12(18)17(13(16)19)7-8-5-15-6-8/h2-4,8,15H,5-7H2,1H3. The monoisotopic (exact) mass is 263 g/mol. The summed E-state index contributed by atoms with van der Waals surface area (Å²) in [6, 6.07) is 3.89. The molecule has 2 heterocycles. The molecule has 0 amide bonds. The predicted octanol–water partition coefficient (Wildman–Crippen LogP) is 0.0587. The van der Waals surface area contributed by atoms with Gasteiger partial charge in [0.2, 0.25) is 0 Å². The first-order valence-electron chi connectivity index (χ1n) is 6.17. The second-order valence-corrected chi connectivity index (χ2v) is 4.94. The minimum Gasteiger partial charge on any atom is -0.316 e. The topological polar surface area (TPSA) is 56.0 Å². The summed E-state index contributed by atoms with van der Waals surface area (Å²) in [6.07, 6.45) is 0. The van der Waals surface area contributed by atoms with E-state index in [1.165, 1.54) is 27.3 Å². The summed E-state index contributed by atoms with van der Waals surface area (Å²) in [5, 5.41) is 3.48. The van der Waals surface area contributed by atoms with Crippen molar-refractivity contribution in [2.75, 3.05) is 13.1 Å². The third-order valence-corrected chi connectivity index (χ3v) is 3.62. The maximum absolute atomic E-state index is 13.2. The molecule has 1 fully saturated rings. The van der Waals surface area contributed by atoms with E-state index in [1.807, 2.05) is 0 Å². The van der Waals surface area contributed by atoms with Gasteiger partial charge in [-0.2, -0.15) is 0 Å². The molecule has 1 aromatic carbocycles. The van der Waals surface area contributed by atoms with E-state index in [2.05, 4.69) is 5.32 Å². The van der Waals surface area contributed by atoms with Crippen LogP contribution in [0.2, 0.25) is 0 Å². The van der Waals surface area contributed by atoms with E-state index in [1.54, 1.807) is 7.05 Å². The van der Waals surface area contributed by atoms with Crippen molar-refractivity contribution in [3.8, 4) is 0 Å². The first kappa shape index (κ1) is 12.1. The Labute approximate surface area is 108 Å². The molecule has 2 aromatic rings. The molecule has 0 radical (unpaired) electrons. The molecule has 1 N–H and O–H groups in total. The summed E-state index contributed by atoms with van der Waals surface area (Å²) in [6.45, 7) is 2.04. The van der Waals surface area contributed by atoms with E-state index in [0.29, 0.717) is 23.4 Å². The summed E-state index contributed by atoms with van der Waals surface area (Å²) in [4.78, 5) is 24.5. The molecule has 0 spiro atoms. The number of halogens is 1. The molecule has 1 saturated heterocycles. The number of aromatic nitrogens is 2. The van der Waals surface area contributed by atoms with Crippen LogP contribution in [0.1, 0.15) is 0 Å². The third kappa shape index (κ3) is 1.88. The molecule has 3 rings (SSSR count). The van der Waals surface area contributed by atoms with Gasteiger partial charge in [0.05, 0.1) is 10.9 Å². The number of nitrogens with one attached hydrogen (secondary N) is 1. The van der Waals surface area contributed by atoms with Crippen LogP contribution in [-0.4, -0.2) is 22.2 Å². The van der Waals surface area contributed by atoms with Gasteiger partial charge in [-0.3, -0.25) is 13.9 Å². The van der Waals surface area contributed by atoms with Gasteiger partial charge in [0.25, 0.3) is 5.56 Å². The number of nitrogens with zero attached hydrogens (tertiary/aromatic N) is 2. The van der Waals surface area contributed by atoms with Gasteiger partial charge in [0.15, 0.2) is 0 Å². The van der Waals surface area contributed by atoms with Gasteiger partial charge < -0.3 is 5.32 Å². The Hall–Kier alpha value is -1.95. The van der Waals surface area contributed by atoms with Crippen LogP contribution in [0, 0.1) is 11.7 Å². The highest BCUT2D eigenvalue weighted by Gasteiger charge is 2.20. The lowest BCUT2D eigenvalue weighted by atomic mass is 10.0. The fourth-order valence-corrected chi connectivity index (χ4v) is 2.38. The van der Waals surface area contributed by atoms with Crippen LogP contribution >= 0.6 is 0 Å². The van der Waals surface area contributed by atoms with Crippen molar-refractivity contribution in [1.82, 2.24) is 14.5 Å². The average molecular weight is 263 g/mol. The molecule has 100 valence electrons. The summed E-state index contributed by atoms with van der Waals surface area (Å²) in [7, 11) is 1.55. The van der Waals surface area contributed by atoms with Crippen molar-refractivity contribution < 1.29 is 4.39 Å². The second kappa shape index (κ2) is 4.31. The molecule has 0 unspecified atom stereocenters. The lowest BCUT2D eigenvalue weighted by Gasteiger charge is -2.27. The maximum atomic E-state index is 13.2. The molecule has 0 saturated carbocycles. The van der Waals surface area contributed by atoms with Crippen LogP contribution in [0.5, 0.6) is 0 Å². The van der Waals surface area contributed by atoms with Gasteiger partial charge in [0, 0.05) is 32.6 Å². The number of fused-ring (bicyclic) bond motifs is 1. The molecule has 0 aliphatic carbocycles. The minimum absolute atomic E-state index is 0.309. The molecule has 0 bridgehead atoms. The van der Waals surface area contributed by atoms with Crippen molar-refractivity contribution in [2.45, 2.75) is 6.54 Å². The third-order valence-electron chi connectivity index (χ3n) is 3.62. The smallest absolute Gasteiger partial charge is 0.316 e. The first-order valence-corrected chi connectivity index (χ1v) is 6.17. The van der Waals surface area contributed by atoms with Crippen molar-refractivity contribution in [1.29, 1.82) is 0 Å². The Kier molecular flexibility index (Phi) is 2.74. The Balaban J connectivity index is 2.25. The summed E-state index contributed by atoms with van der Waals surface area (Å²) < 4.78 is 15.8. The number of hydrogen-bond donors (Lipinski definition) is 1. The molecular weight excluding hydrogens is 249 g/mol. The van der Waals surface area contributed by atoms with E-state index in [9.17, 15) is 14.0 Å². The highest BCUT2D eigenvalue weighted by atomic mass is 19.1. The highest BCUT2D eigenvalue weighted by Crippen LogP contribution is 2.10. The fraction of sp³-hybridized carbons (Fsp3) is 0.385. The zero-order chi connectivity index (χ0) is 13.6. The summed E-state index contributed by atoms with van der Waals surface area (Å²) in [5.74, 6) is -0.147. The van der Waals surface area contributed by atoms with Crippen LogP contribution in [0.15, 0.2) is 27.8 Å². The Morgan fingerprint density at radius 3 is 2.74 bits per heavy atom. The second-order valence-electron chi connectivity index (χ2n) is 4.94. The Bertz CT molecular complexity index is 759. The van der Waals surface area contributed by atoms with Crippen LogP contribution in [0.4, 0.5) is 4.39 Å². The average Bonchev–Trinajstić information content (AvgIpc) is 2.34. The van der Waals surface area contributed by atoms with Gasteiger partial charge in [-0.15, -0.1) is 0 Å². The van der Waals surface area contributed by atoms with Crippen LogP contribution in [0.3, 0.4) is 0 Å². The van der Waals surface area contributed by atoms with Crippen molar-refractivity contribution in [3.63, 3.8) is 0 Å². The molecule has 6 heteroatoms. The number of hydrogen-bond acceptors (Lipinski definition) is 3. The molecule has 0 atom stereocenters. The lowest BCUT2D eigenvalue weighted by Crippen LogP contribution is -2.49. The van der Waals surface area contributed by atoms with E-state index in [4.69, 9.17) is 0 Å². The molecule has 1 aliphatic heterocycles. The normalized spacial score (nSPS) is 15.7. The first-order chi connectivity index (χ1) is 9.08. The van der Waals surface area contributed by atoms with Gasteiger partial charge in [-0.05, 0) is 18.2 Å². The van der Waals surface area contributed by atoms with Crippen molar-refractivity contribution in [2.24, 2.45) is 13.0 Å². The highest BCUT2D eigenvalue weighted by molar-refractivity contribution is 5.77. The molecule has 1 aromatic heterocycles. The van der Waals surface area contributed by atoms with Crippen LogP contribution in [-0.2, 0) is 13.6 Å². The zero-order valence-corrected chi connectivity index (χ0v) is 10.5. The number of benzene rings is 1. The van der Waals surface area contributed by atoms with E-state index in [0.717, 1.165) is 13.1 Å². The van der Waals surface area contributed by atoms with Gasteiger partial charge in [0.1, 0.15) is 5.82 Å². The fourth-order valence-electron chi connectivity index (χ4n) is 2.38. The Morgan fingerprint density at radius 1 is 1.37 bits per heavy atom. The molecule has 1 aliphatic rings. The van der Waals surface area contributed by atoms with Gasteiger partial charge >= 0.3 is 5.69 Å². The molecule has 5 nitrogen and oxygen atoms in total. The van der Waals surface area contributed by atoms with Crippen LogP contribution < -0.4 is 16.6 Å². The predicted molar refractivity (Wildman–Crippen MR) is 69.8 cm³/mol. The van der Waals surface area contributed by atoms with E-state index < -0.39 is 11.5 Å². The number of rotatable bonds is 2. The molecule has 19 heavy (non-hydrogen) atoms.